The van der Waals surface area contributed by atoms with Crippen LogP contribution in [0.25, 0.3) is 5.69 Å². The summed E-state index contributed by atoms with van der Waals surface area (Å²) in [5.74, 6) is 1.15. The van der Waals surface area contributed by atoms with Crippen molar-refractivity contribution >= 4 is 17.7 Å². The standard InChI is InChI=1S/C20H23N5OS/c1-14-7-8-15(2)18(10-14)25-16(3)22-23-20(25)27-13-19(26)24(4)12-17-6-5-9-21-11-17/h5-11H,12-13H2,1-4H3. The molecule has 0 unspecified atom stereocenters. The molecule has 0 atom stereocenters. The highest BCUT2D eigenvalue weighted by atomic mass is 32.2. The van der Waals surface area contributed by atoms with Crippen molar-refractivity contribution in [2.24, 2.45) is 0 Å². The van der Waals surface area contributed by atoms with E-state index in [4.69, 9.17) is 0 Å². The summed E-state index contributed by atoms with van der Waals surface area (Å²) in [5.41, 5.74) is 4.38. The Morgan fingerprint density at radius 2 is 2.00 bits per heavy atom. The molecule has 1 amide bonds. The molecular formula is C20H23N5OS. The maximum absolute atomic E-state index is 12.5. The summed E-state index contributed by atoms with van der Waals surface area (Å²) in [5, 5.41) is 9.21. The van der Waals surface area contributed by atoms with Crippen LogP contribution in [0.4, 0.5) is 0 Å². The average molecular weight is 382 g/mol. The summed E-state index contributed by atoms with van der Waals surface area (Å²) in [4.78, 5) is 18.3. The zero-order valence-corrected chi connectivity index (χ0v) is 16.8. The average Bonchev–Trinajstić information content (AvgIpc) is 3.03. The number of nitrogens with zero attached hydrogens (tertiary/aromatic N) is 5. The van der Waals surface area contributed by atoms with Gasteiger partial charge in [0.1, 0.15) is 5.82 Å². The molecule has 0 bridgehead atoms. The summed E-state index contributed by atoms with van der Waals surface area (Å²) in [6, 6.07) is 10.1. The minimum Gasteiger partial charge on any atom is -0.341 e. The molecule has 0 N–H and O–H groups in total. The zero-order chi connectivity index (χ0) is 19.4. The van der Waals surface area contributed by atoms with Gasteiger partial charge in [0.15, 0.2) is 5.16 Å². The van der Waals surface area contributed by atoms with E-state index >= 15 is 0 Å². The van der Waals surface area contributed by atoms with E-state index in [1.165, 1.54) is 17.3 Å². The van der Waals surface area contributed by atoms with Gasteiger partial charge >= 0.3 is 0 Å². The lowest BCUT2D eigenvalue weighted by atomic mass is 10.1. The number of pyridine rings is 1. The molecule has 140 valence electrons. The molecule has 1 aromatic carbocycles. The van der Waals surface area contributed by atoms with Crippen LogP contribution in [0.1, 0.15) is 22.5 Å². The largest absolute Gasteiger partial charge is 0.341 e. The molecule has 2 heterocycles. The fraction of sp³-hybridized carbons (Fsp3) is 0.300. The van der Waals surface area contributed by atoms with Crippen molar-refractivity contribution in [3.05, 3.63) is 65.2 Å². The van der Waals surface area contributed by atoms with Gasteiger partial charge < -0.3 is 4.90 Å². The molecular weight excluding hydrogens is 358 g/mol. The van der Waals surface area contributed by atoms with E-state index < -0.39 is 0 Å². The van der Waals surface area contributed by atoms with Crippen LogP contribution < -0.4 is 0 Å². The van der Waals surface area contributed by atoms with Crippen LogP contribution in [0.2, 0.25) is 0 Å². The second kappa shape index (κ2) is 8.35. The third kappa shape index (κ3) is 4.54. The molecule has 7 heteroatoms. The Balaban J connectivity index is 1.72. The highest BCUT2D eigenvalue weighted by molar-refractivity contribution is 7.99. The van der Waals surface area contributed by atoms with Crippen molar-refractivity contribution in [3.8, 4) is 5.69 Å². The van der Waals surface area contributed by atoms with E-state index in [1.807, 2.05) is 23.6 Å². The predicted molar refractivity (Wildman–Crippen MR) is 107 cm³/mol. The Morgan fingerprint density at radius 3 is 2.74 bits per heavy atom. The minimum absolute atomic E-state index is 0.0389. The van der Waals surface area contributed by atoms with Gasteiger partial charge in [0.25, 0.3) is 0 Å². The first-order valence-electron chi connectivity index (χ1n) is 8.71. The van der Waals surface area contributed by atoms with Gasteiger partial charge in [-0.1, -0.05) is 30.0 Å². The van der Waals surface area contributed by atoms with Crippen molar-refractivity contribution in [2.45, 2.75) is 32.5 Å². The van der Waals surface area contributed by atoms with Gasteiger partial charge in [-0.05, 0) is 49.6 Å². The van der Waals surface area contributed by atoms with Crippen molar-refractivity contribution in [2.75, 3.05) is 12.8 Å². The summed E-state index contributed by atoms with van der Waals surface area (Å²) in [6.45, 7) is 6.59. The smallest absolute Gasteiger partial charge is 0.233 e. The number of hydrogen-bond acceptors (Lipinski definition) is 5. The fourth-order valence-corrected chi connectivity index (χ4v) is 3.70. The molecule has 3 rings (SSSR count). The molecule has 0 fully saturated rings. The van der Waals surface area contributed by atoms with Crippen LogP contribution in [-0.4, -0.2) is 43.4 Å². The van der Waals surface area contributed by atoms with Crippen LogP contribution in [0.15, 0.2) is 47.9 Å². The first-order chi connectivity index (χ1) is 13.0. The summed E-state index contributed by atoms with van der Waals surface area (Å²) >= 11 is 1.41. The van der Waals surface area contributed by atoms with Crippen molar-refractivity contribution in [3.63, 3.8) is 0 Å². The first kappa shape index (κ1) is 19.1. The molecule has 0 saturated carbocycles. The van der Waals surface area contributed by atoms with Crippen molar-refractivity contribution in [1.82, 2.24) is 24.6 Å². The molecule has 0 aliphatic rings. The lowest BCUT2D eigenvalue weighted by Gasteiger charge is -2.17. The van der Waals surface area contributed by atoms with E-state index in [0.29, 0.717) is 12.3 Å². The number of hydrogen-bond donors (Lipinski definition) is 0. The lowest BCUT2D eigenvalue weighted by molar-refractivity contribution is -0.127. The molecule has 0 aliphatic heterocycles. The maximum atomic E-state index is 12.5. The number of thioether (sulfide) groups is 1. The zero-order valence-electron chi connectivity index (χ0n) is 16.0. The van der Waals surface area contributed by atoms with Crippen LogP contribution in [0.3, 0.4) is 0 Å². The van der Waals surface area contributed by atoms with E-state index in [-0.39, 0.29) is 5.91 Å². The van der Waals surface area contributed by atoms with E-state index in [2.05, 4.69) is 47.2 Å². The predicted octanol–water partition coefficient (Wildman–Crippen LogP) is 3.34. The normalized spacial score (nSPS) is 10.8. The number of aromatic nitrogens is 4. The molecule has 0 radical (unpaired) electrons. The van der Waals surface area contributed by atoms with Gasteiger partial charge in [-0.25, -0.2) is 0 Å². The Bertz CT molecular complexity index is 939. The number of benzene rings is 1. The number of amides is 1. The molecule has 27 heavy (non-hydrogen) atoms. The van der Waals surface area contributed by atoms with Gasteiger partial charge in [0.05, 0.1) is 11.4 Å². The van der Waals surface area contributed by atoms with Crippen molar-refractivity contribution in [1.29, 1.82) is 0 Å². The van der Waals surface area contributed by atoms with Gasteiger partial charge in [-0.15, -0.1) is 10.2 Å². The molecule has 0 aliphatic carbocycles. The van der Waals surface area contributed by atoms with Crippen LogP contribution in [-0.2, 0) is 11.3 Å². The summed E-state index contributed by atoms with van der Waals surface area (Å²) in [6.07, 6.45) is 3.50. The van der Waals surface area contributed by atoms with Crippen LogP contribution in [0, 0.1) is 20.8 Å². The molecule has 2 aromatic heterocycles. The van der Waals surface area contributed by atoms with Gasteiger partial charge in [-0.3, -0.25) is 14.3 Å². The fourth-order valence-electron chi connectivity index (χ4n) is 2.76. The SMILES string of the molecule is Cc1ccc(C)c(-n2c(C)nnc2SCC(=O)N(C)Cc2cccnc2)c1. The third-order valence-electron chi connectivity index (χ3n) is 4.29. The van der Waals surface area contributed by atoms with Gasteiger partial charge in [0.2, 0.25) is 5.91 Å². The highest BCUT2D eigenvalue weighted by Gasteiger charge is 2.16. The quantitative estimate of drug-likeness (QED) is 0.613. The minimum atomic E-state index is 0.0389. The molecule has 0 saturated heterocycles. The third-order valence-corrected chi connectivity index (χ3v) is 5.21. The summed E-state index contributed by atoms with van der Waals surface area (Å²) in [7, 11) is 1.80. The monoisotopic (exact) mass is 381 g/mol. The highest BCUT2D eigenvalue weighted by Crippen LogP contribution is 2.25. The van der Waals surface area contributed by atoms with E-state index in [1.54, 1.807) is 24.3 Å². The van der Waals surface area contributed by atoms with E-state index in [9.17, 15) is 4.79 Å². The molecule has 3 aromatic rings. The second-order valence-corrected chi connectivity index (χ2v) is 7.50. The summed E-state index contributed by atoms with van der Waals surface area (Å²) < 4.78 is 2.02. The maximum Gasteiger partial charge on any atom is 0.233 e. The van der Waals surface area contributed by atoms with Crippen LogP contribution in [0.5, 0.6) is 0 Å². The number of rotatable bonds is 6. The lowest BCUT2D eigenvalue weighted by Crippen LogP contribution is -2.28. The number of carbonyl (C=O) groups is 1. The topological polar surface area (TPSA) is 63.9 Å². The second-order valence-electron chi connectivity index (χ2n) is 6.55. The Hall–Kier alpha value is -2.67. The molecule has 6 nitrogen and oxygen atoms in total. The Kier molecular flexibility index (Phi) is 5.91. The Morgan fingerprint density at radius 1 is 1.19 bits per heavy atom. The Labute approximate surface area is 163 Å². The van der Waals surface area contributed by atoms with Crippen LogP contribution >= 0.6 is 11.8 Å². The number of carbonyl (C=O) groups excluding carboxylic acids is 1. The number of aryl methyl sites for hydroxylation is 3. The van der Waals surface area contributed by atoms with E-state index in [0.717, 1.165) is 27.8 Å². The molecule has 0 spiro atoms. The van der Waals surface area contributed by atoms with Gasteiger partial charge in [0, 0.05) is 26.0 Å². The first-order valence-corrected chi connectivity index (χ1v) is 9.69. The van der Waals surface area contributed by atoms with Crippen molar-refractivity contribution < 1.29 is 4.79 Å². The van der Waals surface area contributed by atoms with Gasteiger partial charge in [-0.2, -0.15) is 0 Å².